The van der Waals surface area contributed by atoms with Crippen molar-refractivity contribution in [1.82, 2.24) is 19.4 Å². The molecule has 1 aliphatic heterocycles. The zero-order valence-electron chi connectivity index (χ0n) is 19.9. The number of hydrogen-bond donors (Lipinski definition) is 0. The number of amides is 2. The predicted octanol–water partition coefficient (Wildman–Crippen LogP) is 3.50. The molecule has 2 aromatic carbocycles. The molecule has 0 spiro atoms. The third-order valence-electron chi connectivity index (χ3n) is 5.89. The van der Waals surface area contributed by atoms with E-state index in [1.54, 1.807) is 13.3 Å². The highest BCUT2D eigenvalue weighted by Crippen LogP contribution is 2.23. The first-order valence-electron chi connectivity index (χ1n) is 11.4. The lowest BCUT2D eigenvalue weighted by atomic mass is 10.1. The molecule has 0 unspecified atom stereocenters. The van der Waals surface area contributed by atoms with E-state index < -0.39 is 0 Å². The molecule has 0 atom stereocenters. The van der Waals surface area contributed by atoms with Gasteiger partial charge in [0, 0.05) is 44.3 Å². The molecule has 0 bridgehead atoms. The van der Waals surface area contributed by atoms with Crippen LogP contribution in [0.4, 0.5) is 0 Å². The number of imidazole rings is 1. The number of carbonyl (C=O) groups is 2. The Labute approximate surface area is 204 Å². The van der Waals surface area contributed by atoms with Crippen LogP contribution in [-0.4, -0.2) is 70.2 Å². The minimum Gasteiger partial charge on any atom is -0.497 e. The van der Waals surface area contributed by atoms with Crippen LogP contribution < -0.4 is 4.74 Å². The fourth-order valence-electron chi connectivity index (χ4n) is 4.17. The number of aromatic nitrogens is 2. The SMILES string of the molecule is COc1cccc(CC(=O)N2CCN(C(=O)CSc3nccn3-c3cc(C)cc(C)c3)CC2)c1. The molecule has 1 aliphatic rings. The standard InChI is InChI=1S/C26H30N4O3S/c1-19-13-20(2)15-22(14-19)30-8-7-27-26(30)34-18-25(32)29-11-9-28(10-12-29)24(31)17-21-5-4-6-23(16-21)33-3/h4-8,13-16H,9-12,17-18H2,1-3H3. The average Bonchev–Trinajstić information content (AvgIpc) is 3.31. The van der Waals surface area contributed by atoms with E-state index in [1.165, 1.54) is 22.9 Å². The Hall–Kier alpha value is -3.26. The van der Waals surface area contributed by atoms with Crippen molar-refractivity contribution in [2.24, 2.45) is 0 Å². The summed E-state index contributed by atoms with van der Waals surface area (Å²) in [6, 6.07) is 13.9. The van der Waals surface area contributed by atoms with Crippen LogP contribution in [-0.2, 0) is 16.0 Å². The molecule has 0 N–H and O–H groups in total. The average molecular weight is 479 g/mol. The highest BCUT2D eigenvalue weighted by molar-refractivity contribution is 7.99. The van der Waals surface area contributed by atoms with E-state index in [9.17, 15) is 9.59 Å². The second-order valence-corrected chi connectivity index (χ2v) is 9.45. The van der Waals surface area contributed by atoms with Crippen LogP contribution >= 0.6 is 11.8 Å². The molecule has 1 aromatic heterocycles. The van der Waals surface area contributed by atoms with Crippen molar-refractivity contribution in [2.45, 2.75) is 25.4 Å². The summed E-state index contributed by atoms with van der Waals surface area (Å²) in [5.74, 6) is 1.21. The molecule has 0 aliphatic carbocycles. The van der Waals surface area contributed by atoms with Gasteiger partial charge in [0.1, 0.15) is 5.75 Å². The molecule has 7 nitrogen and oxygen atoms in total. The number of benzene rings is 2. The van der Waals surface area contributed by atoms with Gasteiger partial charge in [0.05, 0.1) is 19.3 Å². The zero-order chi connectivity index (χ0) is 24.1. The third kappa shape index (κ3) is 5.80. The minimum atomic E-state index is 0.0693. The summed E-state index contributed by atoms with van der Waals surface area (Å²) in [6.07, 6.45) is 4.02. The lowest BCUT2D eigenvalue weighted by molar-refractivity contribution is -0.137. The van der Waals surface area contributed by atoms with Gasteiger partial charge in [-0.3, -0.25) is 14.2 Å². The highest BCUT2D eigenvalue weighted by atomic mass is 32.2. The lowest BCUT2D eigenvalue weighted by Gasteiger charge is -2.34. The molecule has 2 heterocycles. The molecule has 178 valence electrons. The quantitative estimate of drug-likeness (QED) is 0.486. The summed E-state index contributed by atoms with van der Waals surface area (Å²) in [4.78, 5) is 33.7. The van der Waals surface area contributed by atoms with Crippen LogP contribution in [0.3, 0.4) is 0 Å². The Bertz CT molecular complexity index is 1150. The van der Waals surface area contributed by atoms with Crippen molar-refractivity contribution in [3.05, 3.63) is 71.5 Å². The normalized spacial score (nSPS) is 13.7. The summed E-state index contributed by atoms with van der Waals surface area (Å²) in [5, 5.41) is 0.797. The predicted molar refractivity (Wildman–Crippen MR) is 134 cm³/mol. The Kier molecular flexibility index (Phi) is 7.57. The number of ether oxygens (including phenoxy) is 1. The number of hydrogen-bond acceptors (Lipinski definition) is 5. The van der Waals surface area contributed by atoms with Crippen molar-refractivity contribution in [3.63, 3.8) is 0 Å². The summed E-state index contributed by atoms with van der Waals surface area (Å²) in [6.45, 7) is 6.35. The van der Waals surface area contributed by atoms with E-state index in [1.807, 2.05) is 44.8 Å². The first-order chi connectivity index (χ1) is 16.4. The first kappa shape index (κ1) is 23.9. The van der Waals surface area contributed by atoms with Gasteiger partial charge in [0.25, 0.3) is 0 Å². The molecule has 1 fully saturated rings. The lowest BCUT2D eigenvalue weighted by Crippen LogP contribution is -2.51. The Morgan fingerprint density at radius 1 is 0.971 bits per heavy atom. The van der Waals surface area contributed by atoms with Crippen molar-refractivity contribution in [2.75, 3.05) is 39.0 Å². The summed E-state index contributed by atoms with van der Waals surface area (Å²) in [7, 11) is 1.62. The van der Waals surface area contributed by atoms with E-state index >= 15 is 0 Å². The maximum absolute atomic E-state index is 12.8. The topological polar surface area (TPSA) is 67.7 Å². The summed E-state index contributed by atoms with van der Waals surface area (Å²) >= 11 is 1.44. The van der Waals surface area contributed by atoms with Gasteiger partial charge in [-0.2, -0.15) is 0 Å². The van der Waals surface area contributed by atoms with Crippen molar-refractivity contribution >= 4 is 23.6 Å². The van der Waals surface area contributed by atoms with Gasteiger partial charge in [-0.15, -0.1) is 0 Å². The molecular formula is C26H30N4O3S. The van der Waals surface area contributed by atoms with E-state index in [-0.39, 0.29) is 11.8 Å². The molecule has 8 heteroatoms. The van der Waals surface area contributed by atoms with Crippen LogP contribution in [0.1, 0.15) is 16.7 Å². The van der Waals surface area contributed by atoms with Crippen molar-refractivity contribution in [3.8, 4) is 11.4 Å². The van der Waals surface area contributed by atoms with Gasteiger partial charge in [-0.05, 0) is 54.8 Å². The summed E-state index contributed by atoms with van der Waals surface area (Å²) in [5.41, 5.74) is 4.36. The molecule has 3 aromatic rings. The second-order valence-electron chi connectivity index (χ2n) is 8.50. The van der Waals surface area contributed by atoms with E-state index in [0.29, 0.717) is 38.4 Å². The largest absolute Gasteiger partial charge is 0.497 e. The van der Waals surface area contributed by atoms with E-state index in [0.717, 1.165) is 22.2 Å². The monoisotopic (exact) mass is 478 g/mol. The van der Waals surface area contributed by atoms with Gasteiger partial charge in [-0.1, -0.05) is 30.0 Å². The second kappa shape index (κ2) is 10.8. The van der Waals surface area contributed by atoms with Crippen LogP contribution in [0.15, 0.2) is 60.0 Å². The molecule has 4 rings (SSSR count). The van der Waals surface area contributed by atoms with Crippen LogP contribution in [0.5, 0.6) is 5.75 Å². The number of methoxy groups -OCH3 is 1. The van der Waals surface area contributed by atoms with Crippen LogP contribution in [0, 0.1) is 13.8 Å². The maximum Gasteiger partial charge on any atom is 0.233 e. The number of rotatable bonds is 7. The van der Waals surface area contributed by atoms with Crippen molar-refractivity contribution in [1.29, 1.82) is 0 Å². The number of thioether (sulfide) groups is 1. The number of piperazine rings is 1. The highest BCUT2D eigenvalue weighted by Gasteiger charge is 2.24. The zero-order valence-corrected chi connectivity index (χ0v) is 20.7. The minimum absolute atomic E-state index is 0.0693. The summed E-state index contributed by atoms with van der Waals surface area (Å²) < 4.78 is 7.26. The smallest absolute Gasteiger partial charge is 0.233 e. The molecule has 0 radical (unpaired) electrons. The Morgan fingerprint density at radius 3 is 2.32 bits per heavy atom. The Balaban J connectivity index is 1.28. The van der Waals surface area contributed by atoms with E-state index in [2.05, 4.69) is 37.0 Å². The number of nitrogens with zero attached hydrogens (tertiary/aromatic N) is 4. The Morgan fingerprint density at radius 2 is 1.65 bits per heavy atom. The van der Waals surface area contributed by atoms with Crippen molar-refractivity contribution < 1.29 is 14.3 Å². The fraction of sp³-hybridized carbons (Fsp3) is 0.346. The first-order valence-corrected chi connectivity index (χ1v) is 12.3. The van der Waals surface area contributed by atoms with Crippen LogP contribution in [0.25, 0.3) is 5.69 Å². The third-order valence-corrected chi connectivity index (χ3v) is 6.84. The fourth-order valence-corrected chi connectivity index (χ4v) is 5.05. The maximum atomic E-state index is 12.8. The molecule has 0 saturated carbocycles. The molecule has 1 saturated heterocycles. The van der Waals surface area contributed by atoms with Gasteiger partial charge in [0.2, 0.25) is 11.8 Å². The molecule has 34 heavy (non-hydrogen) atoms. The van der Waals surface area contributed by atoms with Gasteiger partial charge in [0.15, 0.2) is 5.16 Å². The molecule has 2 amide bonds. The van der Waals surface area contributed by atoms with E-state index in [4.69, 9.17) is 4.74 Å². The van der Waals surface area contributed by atoms with Gasteiger partial charge in [-0.25, -0.2) is 4.98 Å². The van der Waals surface area contributed by atoms with Gasteiger partial charge < -0.3 is 14.5 Å². The van der Waals surface area contributed by atoms with Crippen LogP contribution in [0.2, 0.25) is 0 Å². The number of aryl methyl sites for hydroxylation is 2. The molecular weight excluding hydrogens is 448 g/mol. The number of carbonyl (C=O) groups excluding carboxylic acids is 2. The van der Waals surface area contributed by atoms with Gasteiger partial charge >= 0.3 is 0 Å².